The number of aromatic nitrogens is 4. The molecule has 0 atom stereocenters. The van der Waals surface area contributed by atoms with Crippen LogP contribution in [0.15, 0.2) is 36.8 Å². The van der Waals surface area contributed by atoms with Gasteiger partial charge in [0.1, 0.15) is 6.54 Å². The molecule has 0 saturated heterocycles. The Kier molecular flexibility index (Phi) is 4.83. The zero-order valence-corrected chi connectivity index (χ0v) is 16.0. The number of carbonyl (C=O) groups excluding carboxylic acids is 1. The van der Waals surface area contributed by atoms with E-state index in [4.69, 9.17) is 14.7 Å². The van der Waals surface area contributed by atoms with E-state index in [0.717, 1.165) is 5.56 Å². The lowest BCUT2D eigenvalue weighted by molar-refractivity contribution is 0.0996. The smallest absolute Gasteiger partial charge is 0.260 e. The summed E-state index contributed by atoms with van der Waals surface area (Å²) >= 11 is 0. The second-order valence-corrected chi connectivity index (χ2v) is 6.30. The fourth-order valence-electron chi connectivity index (χ4n) is 3.17. The highest BCUT2D eigenvalue weighted by Crippen LogP contribution is 2.32. The second-order valence-electron chi connectivity index (χ2n) is 6.30. The molecule has 0 unspecified atom stereocenters. The Bertz CT molecular complexity index is 1120. The molecule has 9 heteroatoms. The summed E-state index contributed by atoms with van der Waals surface area (Å²) in [5.74, 6) is 0.808. The molecule has 1 aliphatic rings. The molecular weight excluding hydrogens is 372 g/mol. The van der Waals surface area contributed by atoms with Gasteiger partial charge in [-0.2, -0.15) is 10.4 Å². The minimum absolute atomic E-state index is 0.129. The molecule has 1 amide bonds. The Hall–Kier alpha value is -3.93. The molecular formula is C20H18N6O3. The third kappa shape index (κ3) is 3.36. The first kappa shape index (κ1) is 18.4. The molecule has 4 heterocycles. The van der Waals surface area contributed by atoms with Gasteiger partial charge in [0, 0.05) is 18.0 Å². The maximum atomic E-state index is 12.8. The van der Waals surface area contributed by atoms with Crippen molar-refractivity contribution in [2.24, 2.45) is 0 Å². The van der Waals surface area contributed by atoms with Crippen LogP contribution in [0.3, 0.4) is 0 Å². The molecule has 0 fully saturated rings. The Morgan fingerprint density at radius 1 is 1.31 bits per heavy atom. The van der Waals surface area contributed by atoms with Gasteiger partial charge in [-0.05, 0) is 25.1 Å². The lowest BCUT2D eigenvalue weighted by Crippen LogP contribution is -2.22. The Labute approximate surface area is 167 Å². The van der Waals surface area contributed by atoms with E-state index in [1.54, 1.807) is 42.7 Å². The molecule has 0 aliphatic carbocycles. The van der Waals surface area contributed by atoms with Crippen molar-refractivity contribution in [3.63, 3.8) is 0 Å². The average molecular weight is 390 g/mol. The SMILES string of the molecule is CCOc1ncc(-c2ccc3c(n2)CN(c2cnn(CC#N)c2)C3=O)cc1OC. The van der Waals surface area contributed by atoms with Gasteiger partial charge in [-0.25, -0.2) is 4.98 Å². The van der Waals surface area contributed by atoms with Crippen LogP contribution in [-0.4, -0.2) is 39.4 Å². The highest BCUT2D eigenvalue weighted by molar-refractivity contribution is 6.09. The molecule has 29 heavy (non-hydrogen) atoms. The number of nitrogens with zero attached hydrogens (tertiary/aromatic N) is 6. The first-order chi connectivity index (χ1) is 14.1. The number of nitriles is 1. The van der Waals surface area contributed by atoms with E-state index in [0.29, 0.717) is 47.4 Å². The molecule has 146 valence electrons. The molecule has 9 nitrogen and oxygen atoms in total. The first-order valence-electron chi connectivity index (χ1n) is 9.03. The third-order valence-electron chi connectivity index (χ3n) is 4.54. The quantitative estimate of drug-likeness (QED) is 0.636. The molecule has 0 radical (unpaired) electrons. The van der Waals surface area contributed by atoms with E-state index in [2.05, 4.69) is 15.1 Å². The van der Waals surface area contributed by atoms with Crippen molar-refractivity contribution in [2.75, 3.05) is 18.6 Å². The van der Waals surface area contributed by atoms with Crippen molar-refractivity contribution in [1.29, 1.82) is 5.26 Å². The highest BCUT2D eigenvalue weighted by Gasteiger charge is 2.31. The summed E-state index contributed by atoms with van der Waals surface area (Å²) in [5, 5.41) is 12.9. The fourth-order valence-corrected chi connectivity index (χ4v) is 3.17. The third-order valence-corrected chi connectivity index (χ3v) is 4.54. The topological polar surface area (TPSA) is 106 Å². The van der Waals surface area contributed by atoms with Crippen LogP contribution in [0.2, 0.25) is 0 Å². The van der Waals surface area contributed by atoms with E-state index < -0.39 is 0 Å². The maximum absolute atomic E-state index is 12.8. The average Bonchev–Trinajstić information content (AvgIpc) is 3.33. The lowest BCUT2D eigenvalue weighted by Gasteiger charge is -2.11. The molecule has 1 aliphatic heterocycles. The minimum Gasteiger partial charge on any atom is -0.491 e. The predicted molar refractivity (Wildman–Crippen MR) is 104 cm³/mol. The Morgan fingerprint density at radius 3 is 2.93 bits per heavy atom. The summed E-state index contributed by atoms with van der Waals surface area (Å²) in [7, 11) is 1.56. The minimum atomic E-state index is -0.141. The molecule has 0 spiro atoms. The predicted octanol–water partition coefficient (Wildman–Crippen LogP) is 2.43. The molecule has 3 aromatic heterocycles. The molecule has 3 aromatic rings. The lowest BCUT2D eigenvalue weighted by atomic mass is 10.1. The van der Waals surface area contributed by atoms with E-state index in [9.17, 15) is 4.79 Å². The Morgan fingerprint density at radius 2 is 2.17 bits per heavy atom. The van der Waals surface area contributed by atoms with Crippen LogP contribution in [0.25, 0.3) is 11.3 Å². The van der Waals surface area contributed by atoms with E-state index in [1.165, 1.54) is 4.68 Å². The zero-order chi connectivity index (χ0) is 20.4. The van der Waals surface area contributed by atoms with Gasteiger partial charge in [-0.1, -0.05) is 0 Å². The largest absolute Gasteiger partial charge is 0.491 e. The number of hydrogen-bond donors (Lipinski definition) is 0. The summed E-state index contributed by atoms with van der Waals surface area (Å²) < 4.78 is 12.3. The van der Waals surface area contributed by atoms with Crippen molar-refractivity contribution in [3.05, 3.63) is 48.0 Å². The monoisotopic (exact) mass is 390 g/mol. The van der Waals surface area contributed by atoms with Gasteiger partial charge in [-0.3, -0.25) is 19.4 Å². The van der Waals surface area contributed by atoms with Crippen LogP contribution >= 0.6 is 0 Å². The standard InChI is InChI=1S/C20H18N6O3/c1-3-29-19-18(28-2)8-13(9-22-19)16-5-4-15-17(24-16)12-26(20(15)27)14-10-23-25(11-14)7-6-21/h4-5,8-11H,3,7,12H2,1-2H3. The summed E-state index contributed by atoms with van der Waals surface area (Å²) in [5.41, 5.74) is 3.31. The van der Waals surface area contributed by atoms with Crippen molar-refractivity contribution in [2.45, 2.75) is 20.0 Å². The first-order valence-corrected chi connectivity index (χ1v) is 9.03. The van der Waals surface area contributed by atoms with Crippen LogP contribution in [-0.2, 0) is 13.1 Å². The van der Waals surface area contributed by atoms with E-state index in [-0.39, 0.29) is 12.5 Å². The van der Waals surface area contributed by atoms with Gasteiger partial charge >= 0.3 is 0 Å². The summed E-state index contributed by atoms with van der Waals surface area (Å²) in [6.45, 7) is 2.83. The van der Waals surface area contributed by atoms with Crippen LogP contribution in [0.5, 0.6) is 11.6 Å². The summed E-state index contributed by atoms with van der Waals surface area (Å²) in [6, 6.07) is 7.39. The van der Waals surface area contributed by atoms with Gasteiger partial charge in [0.15, 0.2) is 5.75 Å². The summed E-state index contributed by atoms with van der Waals surface area (Å²) in [4.78, 5) is 23.3. The van der Waals surface area contributed by atoms with Crippen LogP contribution in [0.1, 0.15) is 23.0 Å². The number of hydrogen-bond acceptors (Lipinski definition) is 7. The number of carbonyl (C=O) groups is 1. The van der Waals surface area contributed by atoms with Crippen molar-refractivity contribution in [1.82, 2.24) is 19.7 Å². The van der Waals surface area contributed by atoms with Gasteiger partial charge in [0.25, 0.3) is 11.8 Å². The summed E-state index contributed by atoms with van der Waals surface area (Å²) in [6.07, 6.45) is 4.92. The van der Waals surface area contributed by atoms with Gasteiger partial charge in [-0.15, -0.1) is 0 Å². The van der Waals surface area contributed by atoms with Crippen molar-refractivity contribution < 1.29 is 14.3 Å². The fraction of sp³-hybridized carbons (Fsp3) is 0.250. The molecule has 4 rings (SSSR count). The molecule has 0 saturated carbocycles. The van der Waals surface area contributed by atoms with Gasteiger partial charge < -0.3 is 9.47 Å². The van der Waals surface area contributed by atoms with Gasteiger partial charge in [0.05, 0.1) is 55.2 Å². The van der Waals surface area contributed by atoms with E-state index in [1.807, 2.05) is 19.1 Å². The number of rotatable bonds is 6. The number of fused-ring (bicyclic) bond motifs is 1. The Balaban J connectivity index is 1.63. The second kappa shape index (κ2) is 7.59. The molecule has 0 N–H and O–H groups in total. The number of pyridine rings is 2. The normalized spacial score (nSPS) is 12.6. The number of ether oxygens (including phenoxy) is 2. The number of anilines is 1. The zero-order valence-electron chi connectivity index (χ0n) is 16.0. The maximum Gasteiger partial charge on any atom is 0.260 e. The van der Waals surface area contributed by atoms with Crippen molar-refractivity contribution >= 4 is 11.6 Å². The van der Waals surface area contributed by atoms with Crippen molar-refractivity contribution in [3.8, 4) is 29.0 Å². The van der Waals surface area contributed by atoms with Gasteiger partial charge in [0.2, 0.25) is 0 Å². The molecule has 0 aromatic carbocycles. The van der Waals surface area contributed by atoms with Crippen LogP contribution < -0.4 is 14.4 Å². The van der Waals surface area contributed by atoms with E-state index >= 15 is 0 Å². The molecule has 0 bridgehead atoms. The van der Waals surface area contributed by atoms with Crippen LogP contribution in [0.4, 0.5) is 5.69 Å². The number of amides is 1. The van der Waals surface area contributed by atoms with Crippen LogP contribution in [0, 0.1) is 11.3 Å². The highest BCUT2D eigenvalue weighted by atomic mass is 16.5. The number of methoxy groups -OCH3 is 1.